The van der Waals surface area contributed by atoms with Crippen molar-refractivity contribution in [3.63, 3.8) is 0 Å². The van der Waals surface area contributed by atoms with Crippen LogP contribution >= 0.6 is 0 Å². The number of nitrogens with zero attached hydrogens (tertiary/aromatic N) is 2. The van der Waals surface area contributed by atoms with Gasteiger partial charge in [-0.25, -0.2) is 0 Å². The fourth-order valence-electron chi connectivity index (χ4n) is 5.30. The molecule has 3 aliphatic rings. The molecular weight excluding hydrogens is 430 g/mol. The van der Waals surface area contributed by atoms with E-state index >= 15 is 0 Å². The van der Waals surface area contributed by atoms with E-state index < -0.39 is 5.54 Å². The number of rotatable bonds is 4. The Morgan fingerprint density at radius 1 is 1.12 bits per heavy atom. The molecule has 0 bridgehead atoms. The van der Waals surface area contributed by atoms with Gasteiger partial charge in [0, 0.05) is 30.9 Å². The van der Waals surface area contributed by atoms with Crippen molar-refractivity contribution >= 4 is 11.8 Å². The Labute approximate surface area is 200 Å². The van der Waals surface area contributed by atoms with Gasteiger partial charge in [-0.2, -0.15) is 0 Å². The number of nitrogens with one attached hydrogen (secondary N) is 1. The highest BCUT2D eigenvalue weighted by molar-refractivity contribution is 6.02. The van der Waals surface area contributed by atoms with Crippen LogP contribution in [0.25, 0.3) is 0 Å². The number of hydrogen-bond acceptors (Lipinski definition) is 5. The van der Waals surface area contributed by atoms with Crippen molar-refractivity contribution in [2.75, 3.05) is 19.9 Å². The zero-order chi connectivity index (χ0) is 24.0. The van der Waals surface area contributed by atoms with Crippen LogP contribution in [0.15, 0.2) is 59.8 Å². The lowest BCUT2D eigenvalue weighted by atomic mass is 9.90. The third-order valence-corrected chi connectivity index (χ3v) is 7.01. The van der Waals surface area contributed by atoms with Crippen LogP contribution in [0.4, 0.5) is 0 Å². The molecular formula is C27H31N3O4. The Morgan fingerprint density at radius 2 is 1.85 bits per heavy atom. The SMILES string of the molecule is CC(C)C1C2=C(NCCN1C(=O)c1ccc3c(c1)OCO3)C(C)(C)N(Cc1ccccc1)C2=O. The third kappa shape index (κ3) is 3.59. The molecule has 0 aromatic heterocycles. The van der Waals surface area contributed by atoms with E-state index in [-0.39, 0.29) is 30.6 Å². The minimum Gasteiger partial charge on any atom is -0.454 e. The van der Waals surface area contributed by atoms with Gasteiger partial charge in [0.2, 0.25) is 6.79 Å². The van der Waals surface area contributed by atoms with Crippen molar-refractivity contribution in [2.24, 2.45) is 5.92 Å². The first-order chi connectivity index (χ1) is 16.3. The van der Waals surface area contributed by atoms with Crippen LogP contribution in [0, 0.1) is 5.92 Å². The van der Waals surface area contributed by atoms with Crippen LogP contribution in [0.2, 0.25) is 0 Å². The third-order valence-electron chi connectivity index (χ3n) is 7.01. The van der Waals surface area contributed by atoms with E-state index in [0.29, 0.717) is 42.3 Å². The van der Waals surface area contributed by atoms with Crippen molar-refractivity contribution in [3.05, 3.63) is 70.9 Å². The number of amides is 2. The van der Waals surface area contributed by atoms with Gasteiger partial charge in [-0.3, -0.25) is 9.59 Å². The Bertz CT molecular complexity index is 1160. The zero-order valence-corrected chi connectivity index (χ0v) is 20.1. The number of carbonyl (C=O) groups is 2. The van der Waals surface area contributed by atoms with Gasteiger partial charge in [0.15, 0.2) is 11.5 Å². The van der Waals surface area contributed by atoms with Gasteiger partial charge in [0.1, 0.15) is 0 Å². The van der Waals surface area contributed by atoms with Crippen molar-refractivity contribution in [1.82, 2.24) is 15.1 Å². The molecule has 0 saturated carbocycles. The maximum atomic E-state index is 13.9. The summed E-state index contributed by atoms with van der Waals surface area (Å²) in [5.74, 6) is 1.15. The van der Waals surface area contributed by atoms with Crippen molar-refractivity contribution in [1.29, 1.82) is 0 Å². The molecule has 3 aliphatic heterocycles. The van der Waals surface area contributed by atoms with Crippen LogP contribution < -0.4 is 14.8 Å². The van der Waals surface area contributed by atoms with Crippen molar-refractivity contribution < 1.29 is 19.1 Å². The predicted molar refractivity (Wildman–Crippen MR) is 128 cm³/mol. The molecule has 0 radical (unpaired) electrons. The highest BCUT2D eigenvalue weighted by Crippen LogP contribution is 2.41. The maximum Gasteiger partial charge on any atom is 0.254 e. The summed E-state index contributed by atoms with van der Waals surface area (Å²) in [6, 6.07) is 15.0. The van der Waals surface area contributed by atoms with Gasteiger partial charge in [0.05, 0.1) is 17.2 Å². The second-order valence-electron chi connectivity index (χ2n) is 9.91. The summed E-state index contributed by atoms with van der Waals surface area (Å²) in [7, 11) is 0. The topological polar surface area (TPSA) is 71.1 Å². The Balaban J connectivity index is 1.51. The summed E-state index contributed by atoms with van der Waals surface area (Å²) in [5.41, 5.74) is 2.73. The maximum absolute atomic E-state index is 13.9. The molecule has 7 nitrogen and oxygen atoms in total. The summed E-state index contributed by atoms with van der Waals surface area (Å²) in [6.07, 6.45) is 0. The molecule has 0 spiro atoms. The average Bonchev–Trinajstić information content (AvgIpc) is 3.27. The van der Waals surface area contributed by atoms with Crippen molar-refractivity contribution in [3.8, 4) is 11.5 Å². The first-order valence-electron chi connectivity index (χ1n) is 11.8. The van der Waals surface area contributed by atoms with Crippen LogP contribution in [0.5, 0.6) is 11.5 Å². The Morgan fingerprint density at radius 3 is 2.59 bits per heavy atom. The average molecular weight is 462 g/mol. The number of hydrogen-bond donors (Lipinski definition) is 1. The normalized spacial score (nSPS) is 21.0. The summed E-state index contributed by atoms with van der Waals surface area (Å²) < 4.78 is 10.9. The fraction of sp³-hybridized carbons (Fsp3) is 0.407. The van der Waals surface area contributed by atoms with Gasteiger partial charge in [-0.15, -0.1) is 0 Å². The van der Waals surface area contributed by atoms with Crippen molar-refractivity contribution in [2.45, 2.75) is 45.8 Å². The van der Waals surface area contributed by atoms with Crippen LogP contribution in [0.3, 0.4) is 0 Å². The molecule has 0 fully saturated rings. The van der Waals surface area contributed by atoms with Crippen LogP contribution in [-0.2, 0) is 11.3 Å². The van der Waals surface area contributed by atoms with Crippen LogP contribution in [0.1, 0.15) is 43.6 Å². The summed E-state index contributed by atoms with van der Waals surface area (Å²) in [5, 5.41) is 3.52. The largest absolute Gasteiger partial charge is 0.454 e. The van der Waals surface area contributed by atoms with Gasteiger partial charge < -0.3 is 24.6 Å². The number of fused-ring (bicyclic) bond motifs is 1. The van der Waals surface area contributed by atoms with E-state index in [0.717, 1.165) is 11.3 Å². The molecule has 2 aromatic rings. The lowest BCUT2D eigenvalue weighted by Crippen LogP contribution is -2.50. The highest BCUT2D eigenvalue weighted by Gasteiger charge is 2.50. The number of benzene rings is 2. The first-order valence-corrected chi connectivity index (χ1v) is 11.8. The van der Waals surface area contributed by atoms with E-state index in [1.165, 1.54) is 0 Å². The van der Waals surface area contributed by atoms with E-state index in [9.17, 15) is 9.59 Å². The standard InChI is InChI=1S/C27H31N3O4/c1-17(2)23-22-24(27(3,4)30(26(22)32)15-18-8-6-5-7-9-18)28-12-13-29(23)25(31)19-10-11-20-21(14-19)34-16-33-20/h5-11,14,17,23,28H,12-13,15-16H2,1-4H3. The molecule has 0 aliphatic carbocycles. The Kier molecular flexibility index (Phi) is 5.50. The molecule has 1 atom stereocenters. The molecule has 1 unspecified atom stereocenters. The number of carbonyl (C=O) groups excluding carboxylic acids is 2. The molecule has 0 saturated heterocycles. The second-order valence-corrected chi connectivity index (χ2v) is 9.91. The quantitative estimate of drug-likeness (QED) is 0.754. The molecule has 5 rings (SSSR count). The molecule has 1 N–H and O–H groups in total. The minimum absolute atomic E-state index is 0.0135. The second kappa shape index (κ2) is 8.38. The van der Waals surface area contributed by atoms with Crippen LogP contribution in [-0.4, -0.2) is 53.1 Å². The lowest BCUT2D eigenvalue weighted by molar-refractivity contribution is -0.130. The number of ether oxygens (including phenoxy) is 2. The predicted octanol–water partition coefficient (Wildman–Crippen LogP) is 3.56. The summed E-state index contributed by atoms with van der Waals surface area (Å²) in [4.78, 5) is 31.5. The monoisotopic (exact) mass is 461 g/mol. The lowest BCUT2D eigenvalue weighted by Gasteiger charge is -2.36. The molecule has 2 aromatic carbocycles. The van der Waals surface area contributed by atoms with Gasteiger partial charge in [0.25, 0.3) is 11.8 Å². The smallest absolute Gasteiger partial charge is 0.254 e. The van der Waals surface area contributed by atoms with Gasteiger partial charge in [-0.05, 0) is 43.5 Å². The molecule has 178 valence electrons. The van der Waals surface area contributed by atoms with Gasteiger partial charge in [-0.1, -0.05) is 44.2 Å². The van der Waals surface area contributed by atoms with E-state index in [1.807, 2.05) is 40.1 Å². The van der Waals surface area contributed by atoms with E-state index in [4.69, 9.17) is 9.47 Å². The molecule has 3 heterocycles. The Hall–Kier alpha value is -3.48. The molecule has 34 heavy (non-hydrogen) atoms. The molecule has 7 heteroatoms. The van der Waals surface area contributed by atoms with Gasteiger partial charge >= 0.3 is 0 Å². The molecule has 2 amide bonds. The summed E-state index contributed by atoms with van der Waals surface area (Å²) in [6.45, 7) is 10.1. The highest BCUT2D eigenvalue weighted by atomic mass is 16.7. The zero-order valence-electron chi connectivity index (χ0n) is 20.1. The minimum atomic E-state index is -0.507. The van der Waals surface area contributed by atoms with E-state index in [2.05, 4.69) is 33.0 Å². The van der Waals surface area contributed by atoms with E-state index in [1.54, 1.807) is 18.2 Å². The fourth-order valence-corrected chi connectivity index (χ4v) is 5.30. The summed E-state index contributed by atoms with van der Waals surface area (Å²) >= 11 is 0. The first kappa shape index (κ1) is 22.3.